The maximum atomic E-state index is 13.7. The van der Waals surface area contributed by atoms with Gasteiger partial charge in [0.15, 0.2) is 0 Å². The number of piperazine rings is 1. The Labute approximate surface area is 297 Å². The molecular formula is C38H40ClN9O2. The SMILES string of the molecule is C=C(C(=O)N1CCN(c2nc(OCC34CCCN3CCC4)nc3c2CCN(c2cccc4cccc(Cl)c24)C3)C[C@@H]1CC#N)c1cncnc1. The van der Waals surface area contributed by atoms with Gasteiger partial charge in [-0.25, -0.2) is 9.97 Å². The van der Waals surface area contributed by atoms with E-state index in [0.717, 1.165) is 77.5 Å². The first-order valence-electron chi connectivity index (χ1n) is 17.5. The van der Waals surface area contributed by atoms with Gasteiger partial charge in [0.1, 0.15) is 18.8 Å². The molecule has 8 rings (SSSR count). The van der Waals surface area contributed by atoms with Crippen LogP contribution in [0, 0.1) is 11.3 Å². The maximum absolute atomic E-state index is 13.7. The van der Waals surface area contributed by atoms with Gasteiger partial charge in [0.2, 0.25) is 0 Å². The van der Waals surface area contributed by atoms with Gasteiger partial charge in [-0.3, -0.25) is 9.69 Å². The minimum atomic E-state index is -0.347. The van der Waals surface area contributed by atoms with Crippen LogP contribution in [0.25, 0.3) is 16.3 Å². The molecule has 256 valence electrons. The standard InChI is InChI=1S/C38H40ClN9O2/c1-26(28-20-41-25-42-21-28)36(49)48-19-18-46(22-29(48)10-14-40)35-30-11-17-45(33-9-3-7-27-6-2-8-31(39)34(27)33)23-32(30)43-37(44-35)50-24-38-12-4-15-47(38)16-5-13-38/h2-3,6-9,20-21,25,29H,1,4-5,10-13,15-19,22-24H2/t29-/m0/s1. The summed E-state index contributed by atoms with van der Waals surface area (Å²) >= 11 is 6.76. The Kier molecular flexibility index (Phi) is 8.75. The predicted molar refractivity (Wildman–Crippen MR) is 193 cm³/mol. The second-order valence-electron chi connectivity index (χ2n) is 13.8. The van der Waals surface area contributed by atoms with Crippen molar-refractivity contribution < 1.29 is 9.53 Å². The van der Waals surface area contributed by atoms with Gasteiger partial charge < -0.3 is 19.4 Å². The normalized spacial score (nSPS) is 20.0. The van der Waals surface area contributed by atoms with Crippen LogP contribution in [0.5, 0.6) is 6.01 Å². The molecule has 0 radical (unpaired) electrons. The van der Waals surface area contributed by atoms with Crippen LogP contribution in [0.2, 0.25) is 5.02 Å². The van der Waals surface area contributed by atoms with Crippen molar-refractivity contribution >= 4 is 45.4 Å². The van der Waals surface area contributed by atoms with E-state index in [2.05, 4.69) is 61.6 Å². The molecule has 1 amide bonds. The van der Waals surface area contributed by atoms with Crippen LogP contribution in [-0.2, 0) is 17.8 Å². The fourth-order valence-electron chi connectivity index (χ4n) is 8.47. The first-order chi connectivity index (χ1) is 24.4. The Morgan fingerprint density at radius 1 is 1.02 bits per heavy atom. The second-order valence-corrected chi connectivity index (χ2v) is 14.2. The third-order valence-electron chi connectivity index (χ3n) is 11.0. The van der Waals surface area contributed by atoms with Crippen molar-refractivity contribution in [3.8, 4) is 12.1 Å². The smallest absolute Gasteiger partial charge is 0.318 e. The minimum absolute atomic E-state index is 0.0568. The Hall–Kier alpha value is -4.79. The van der Waals surface area contributed by atoms with Crippen molar-refractivity contribution in [1.82, 2.24) is 29.7 Å². The number of aromatic nitrogens is 4. The summed E-state index contributed by atoms with van der Waals surface area (Å²) in [5.74, 6) is 0.618. The molecule has 11 nitrogen and oxygen atoms in total. The molecule has 0 bridgehead atoms. The highest BCUT2D eigenvalue weighted by atomic mass is 35.5. The highest BCUT2D eigenvalue weighted by Gasteiger charge is 2.45. The van der Waals surface area contributed by atoms with Crippen molar-refractivity contribution in [3.63, 3.8) is 0 Å². The third kappa shape index (κ3) is 5.90. The van der Waals surface area contributed by atoms with Crippen LogP contribution >= 0.6 is 11.6 Å². The lowest BCUT2D eigenvalue weighted by Gasteiger charge is -2.42. The van der Waals surface area contributed by atoms with E-state index in [0.29, 0.717) is 49.9 Å². The topological polar surface area (TPSA) is 115 Å². The lowest BCUT2D eigenvalue weighted by Crippen LogP contribution is -2.56. The number of amides is 1. The number of hydrogen-bond donors (Lipinski definition) is 0. The zero-order valence-corrected chi connectivity index (χ0v) is 28.9. The van der Waals surface area contributed by atoms with Gasteiger partial charge >= 0.3 is 6.01 Å². The quantitative estimate of drug-likeness (QED) is 0.226. The van der Waals surface area contributed by atoms with Crippen LogP contribution in [-0.4, -0.2) is 93.1 Å². The number of nitriles is 1. The highest BCUT2D eigenvalue weighted by Crippen LogP contribution is 2.40. The molecule has 0 spiro atoms. The summed E-state index contributed by atoms with van der Waals surface area (Å²) in [6.45, 7) is 9.65. The number of nitrogens with zero attached hydrogens (tertiary/aromatic N) is 9. The van der Waals surface area contributed by atoms with Crippen LogP contribution in [0.15, 0.2) is 61.7 Å². The molecule has 50 heavy (non-hydrogen) atoms. The molecule has 12 heteroatoms. The Morgan fingerprint density at radius 2 is 1.80 bits per heavy atom. The van der Waals surface area contributed by atoms with E-state index >= 15 is 0 Å². The average molecular weight is 690 g/mol. The Morgan fingerprint density at radius 3 is 2.58 bits per heavy atom. The van der Waals surface area contributed by atoms with E-state index in [1.807, 2.05) is 12.1 Å². The molecule has 2 aromatic heterocycles. The number of halogens is 1. The van der Waals surface area contributed by atoms with E-state index in [1.165, 1.54) is 19.2 Å². The molecule has 4 aliphatic heterocycles. The molecule has 4 aromatic rings. The fraction of sp³-hybridized carbons (Fsp3) is 0.421. The van der Waals surface area contributed by atoms with E-state index in [1.54, 1.807) is 17.3 Å². The predicted octanol–water partition coefficient (Wildman–Crippen LogP) is 5.29. The number of benzene rings is 2. The second kappa shape index (κ2) is 13.5. The van der Waals surface area contributed by atoms with E-state index in [-0.39, 0.29) is 23.9 Å². The summed E-state index contributed by atoms with van der Waals surface area (Å²) in [6.07, 6.45) is 10.2. The van der Waals surface area contributed by atoms with Crippen LogP contribution in [0.4, 0.5) is 11.5 Å². The lowest BCUT2D eigenvalue weighted by atomic mass is 9.95. The summed E-state index contributed by atoms with van der Waals surface area (Å²) < 4.78 is 6.57. The van der Waals surface area contributed by atoms with E-state index < -0.39 is 0 Å². The number of carbonyl (C=O) groups excluding carboxylic acids is 1. The summed E-state index contributed by atoms with van der Waals surface area (Å²) in [7, 11) is 0. The Bertz CT molecular complexity index is 1970. The van der Waals surface area contributed by atoms with E-state index in [4.69, 9.17) is 26.3 Å². The molecule has 0 unspecified atom stereocenters. The van der Waals surface area contributed by atoms with Crippen molar-refractivity contribution in [3.05, 3.63) is 83.5 Å². The number of hydrogen-bond acceptors (Lipinski definition) is 10. The molecule has 0 aliphatic carbocycles. The van der Waals surface area contributed by atoms with E-state index in [9.17, 15) is 10.1 Å². The first kappa shape index (κ1) is 32.4. The molecule has 2 aromatic carbocycles. The third-order valence-corrected chi connectivity index (χ3v) is 11.3. The van der Waals surface area contributed by atoms with Crippen molar-refractivity contribution in [2.24, 2.45) is 0 Å². The van der Waals surface area contributed by atoms with Gasteiger partial charge in [0.05, 0.1) is 41.3 Å². The maximum Gasteiger partial charge on any atom is 0.318 e. The van der Waals surface area contributed by atoms with Gasteiger partial charge in [-0.1, -0.05) is 42.4 Å². The highest BCUT2D eigenvalue weighted by molar-refractivity contribution is 6.36. The average Bonchev–Trinajstić information content (AvgIpc) is 3.74. The number of carbonyl (C=O) groups is 1. The molecule has 4 aliphatic rings. The number of rotatable bonds is 8. The zero-order valence-electron chi connectivity index (χ0n) is 28.1. The molecule has 0 saturated carbocycles. The molecule has 3 fully saturated rings. The zero-order chi connectivity index (χ0) is 34.2. The van der Waals surface area contributed by atoms with Crippen LogP contribution < -0.4 is 14.5 Å². The summed E-state index contributed by atoms with van der Waals surface area (Å²) in [5, 5.41) is 12.7. The lowest BCUT2D eigenvalue weighted by molar-refractivity contribution is -0.127. The largest absolute Gasteiger partial charge is 0.461 e. The summed E-state index contributed by atoms with van der Waals surface area (Å²) in [6, 6.07) is 14.7. The molecule has 6 heterocycles. The molecule has 3 saturated heterocycles. The van der Waals surface area contributed by atoms with Gasteiger partial charge in [0, 0.05) is 66.3 Å². The molecule has 0 N–H and O–H groups in total. The Balaban J connectivity index is 1.11. The minimum Gasteiger partial charge on any atom is -0.461 e. The fourth-order valence-corrected chi connectivity index (χ4v) is 8.75. The van der Waals surface area contributed by atoms with Crippen molar-refractivity contribution in [2.75, 3.05) is 55.7 Å². The monoisotopic (exact) mass is 689 g/mol. The molecule has 1 atom stereocenters. The number of fused-ring (bicyclic) bond motifs is 3. The van der Waals surface area contributed by atoms with Gasteiger partial charge in [0.25, 0.3) is 5.91 Å². The van der Waals surface area contributed by atoms with Gasteiger partial charge in [-0.05, 0) is 62.7 Å². The number of anilines is 2. The summed E-state index contributed by atoms with van der Waals surface area (Å²) in [5.41, 5.74) is 4.04. The van der Waals surface area contributed by atoms with Gasteiger partial charge in [-0.15, -0.1) is 0 Å². The van der Waals surface area contributed by atoms with Crippen molar-refractivity contribution in [2.45, 2.75) is 56.7 Å². The first-order valence-corrected chi connectivity index (χ1v) is 17.9. The number of ether oxygens (including phenoxy) is 1. The van der Waals surface area contributed by atoms with Gasteiger partial charge in [-0.2, -0.15) is 15.2 Å². The van der Waals surface area contributed by atoms with Crippen LogP contribution in [0.1, 0.15) is 48.9 Å². The van der Waals surface area contributed by atoms with Crippen molar-refractivity contribution in [1.29, 1.82) is 5.26 Å². The summed E-state index contributed by atoms with van der Waals surface area (Å²) in [4.78, 5) is 40.9. The molecular weight excluding hydrogens is 650 g/mol. The van der Waals surface area contributed by atoms with Crippen LogP contribution in [0.3, 0.4) is 0 Å².